The molecule has 346 valence electrons. The van der Waals surface area contributed by atoms with Gasteiger partial charge in [0.2, 0.25) is 18.6 Å². The van der Waals surface area contributed by atoms with Crippen LogP contribution in [-0.4, -0.2) is 111 Å². The summed E-state index contributed by atoms with van der Waals surface area (Å²) in [6.45, 7) is 32.5. The zero-order valence-electron chi connectivity index (χ0n) is 41.7. The molecule has 0 bridgehead atoms. The SMILES string of the molecule is CCC(C)C.CCC(C)N(C)C.CCC(C)N1CCCC1=O.CCC(C)[n+]1cc[nH]c1.CCC(C)n1cc[n+](C)c1.CCC1C[N+](C)(C)CC1CC.CS(C)(=O)=O.[Cl-]. The van der Waals surface area contributed by atoms with E-state index in [9.17, 15) is 13.2 Å². The van der Waals surface area contributed by atoms with E-state index in [0.29, 0.717) is 24.0 Å². The Bertz CT molecular complexity index is 1310. The molecule has 0 radical (unpaired) electrons. The van der Waals surface area contributed by atoms with Gasteiger partial charge < -0.3 is 26.7 Å². The molecule has 2 aliphatic rings. The first kappa shape index (κ1) is 62.7. The molecule has 4 heterocycles. The van der Waals surface area contributed by atoms with Crippen molar-refractivity contribution >= 4 is 15.7 Å². The number of aromatic amines is 1. The number of likely N-dealkylation sites (tertiary alicyclic amines) is 2. The van der Waals surface area contributed by atoms with Gasteiger partial charge in [0.25, 0.3) is 0 Å². The second kappa shape index (κ2) is 34.7. The molecule has 1 N–H and O–H groups in total. The van der Waals surface area contributed by atoms with Crippen molar-refractivity contribution in [3.05, 3.63) is 37.4 Å². The van der Waals surface area contributed by atoms with E-state index in [1.165, 1.54) is 56.1 Å². The maximum absolute atomic E-state index is 11.1. The molecule has 4 rings (SSSR count). The lowest BCUT2D eigenvalue weighted by molar-refractivity contribution is -0.880. The van der Waals surface area contributed by atoms with Crippen LogP contribution in [-0.2, 0) is 21.7 Å². The molecule has 0 aliphatic carbocycles. The quantitative estimate of drug-likeness (QED) is 0.217. The number of nitrogens with one attached hydrogen (secondary N) is 1. The molecule has 2 aromatic rings. The number of quaternary nitrogens is 1. The van der Waals surface area contributed by atoms with Crippen molar-refractivity contribution in [1.29, 1.82) is 0 Å². The molecule has 2 saturated heterocycles. The van der Waals surface area contributed by atoms with Crippen molar-refractivity contribution in [3.63, 3.8) is 0 Å². The van der Waals surface area contributed by atoms with Gasteiger partial charge in [-0.3, -0.25) is 9.78 Å². The minimum atomic E-state index is -2.67. The Morgan fingerprint density at radius 2 is 1.31 bits per heavy atom. The first-order valence-electron chi connectivity index (χ1n) is 22.4. The van der Waals surface area contributed by atoms with Crippen molar-refractivity contribution in [2.24, 2.45) is 24.8 Å². The largest absolute Gasteiger partial charge is 1.00 e. The molecule has 12 heteroatoms. The third-order valence-corrected chi connectivity index (χ3v) is 11.3. The van der Waals surface area contributed by atoms with Crippen LogP contribution in [0.5, 0.6) is 0 Å². The van der Waals surface area contributed by atoms with Crippen LogP contribution in [0, 0.1) is 17.8 Å². The van der Waals surface area contributed by atoms with Crippen LogP contribution in [0.1, 0.15) is 160 Å². The molecule has 2 fully saturated rings. The molecule has 10 nitrogen and oxygen atoms in total. The average molecular weight is 865 g/mol. The number of hydrogen-bond donors (Lipinski definition) is 1. The van der Waals surface area contributed by atoms with Gasteiger partial charge in [0.1, 0.15) is 34.6 Å². The Hall–Kier alpha value is -1.95. The van der Waals surface area contributed by atoms with E-state index in [1.807, 2.05) is 30.7 Å². The number of sulfone groups is 1. The molecule has 0 spiro atoms. The summed E-state index contributed by atoms with van der Waals surface area (Å²) in [4.78, 5) is 18.3. The summed E-state index contributed by atoms with van der Waals surface area (Å²) in [6.07, 6.45) is 25.1. The van der Waals surface area contributed by atoms with Crippen LogP contribution in [0.2, 0.25) is 0 Å². The number of H-pyrrole nitrogens is 1. The number of carbonyl (C=O) groups is 1. The molecule has 0 saturated carbocycles. The first-order valence-corrected chi connectivity index (χ1v) is 24.7. The number of hydrogen-bond acceptors (Lipinski definition) is 4. The molecule has 0 aromatic carbocycles. The van der Waals surface area contributed by atoms with Gasteiger partial charge in [-0.25, -0.2) is 22.1 Å². The molecule has 2 aromatic heterocycles. The monoisotopic (exact) mass is 864 g/mol. The highest BCUT2D eigenvalue weighted by molar-refractivity contribution is 7.89. The number of aromatic nitrogens is 4. The summed E-state index contributed by atoms with van der Waals surface area (Å²) in [5, 5.41) is 0. The number of aryl methyl sites for hydroxylation is 1. The van der Waals surface area contributed by atoms with Crippen LogP contribution < -0.4 is 21.5 Å². The highest BCUT2D eigenvalue weighted by Crippen LogP contribution is 2.31. The predicted molar refractivity (Wildman–Crippen MR) is 246 cm³/mol. The van der Waals surface area contributed by atoms with E-state index in [1.54, 1.807) is 0 Å². The summed E-state index contributed by atoms with van der Waals surface area (Å²) in [6, 6.07) is 2.44. The van der Waals surface area contributed by atoms with Crippen molar-refractivity contribution < 1.29 is 39.2 Å². The van der Waals surface area contributed by atoms with E-state index >= 15 is 0 Å². The van der Waals surface area contributed by atoms with E-state index in [0.717, 1.165) is 62.1 Å². The fourth-order valence-electron chi connectivity index (χ4n) is 6.02. The number of amides is 1. The van der Waals surface area contributed by atoms with E-state index in [2.05, 4.69) is 161 Å². The molecular weight excluding hydrogens is 766 g/mol. The van der Waals surface area contributed by atoms with Gasteiger partial charge in [-0.15, -0.1) is 0 Å². The smallest absolute Gasteiger partial charge is 0.243 e. The molecule has 6 atom stereocenters. The lowest BCUT2D eigenvalue weighted by atomic mass is 9.92. The highest BCUT2D eigenvalue weighted by atomic mass is 35.5. The molecule has 2 aliphatic heterocycles. The van der Waals surface area contributed by atoms with E-state index < -0.39 is 9.84 Å². The van der Waals surface area contributed by atoms with Crippen LogP contribution in [0.25, 0.3) is 0 Å². The molecular formula is C46H98ClN7O3S+2. The Morgan fingerprint density at radius 3 is 1.57 bits per heavy atom. The Kier molecular flexibility index (Phi) is 37.5. The predicted octanol–water partition coefficient (Wildman–Crippen LogP) is 6.16. The van der Waals surface area contributed by atoms with Crippen LogP contribution in [0.4, 0.5) is 0 Å². The molecule has 58 heavy (non-hydrogen) atoms. The van der Waals surface area contributed by atoms with Crippen molar-refractivity contribution in [3.8, 4) is 0 Å². The van der Waals surface area contributed by atoms with E-state index in [4.69, 9.17) is 0 Å². The van der Waals surface area contributed by atoms with Crippen LogP contribution in [0.15, 0.2) is 37.4 Å². The molecule has 6 unspecified atom stereocenters. The standard InChI is InChI=1S/C10H22N.C8H15N2.C8H15NO.C7H12N2.C6H15N.C5H12.C2H6O2S.ClH/c1-5-9-7-11(3,4)8-10(9)6-2;1-4-8(2)10-6-5-9(3)7-10;1-3-7(2)9-6-4-5-8(9)10;1-3-7(2)9-5-4-8-6-9;1-5-6(2)7(3)4;1-4-5(2)3;1-5(2,3)4;/h9-10H,5-8H2,1-4H3;5-8H,4H2,1-3H3;7H,3-6H2,1-2H3;4-7H,3H2,1-2H3;6H,5H2,1-4H3;5H,4H2,1-3H3;1-2H3;1H/q2*+1;;;;;;. The maximum Gasteiger partial charge on any atom is 0.243 e. The first-order chi connectivity index (χ1) is 26.4. The second-order valence-corrected chi connectivity index (χ2v) is 20.1. The fourth-order valence-corrected chi connectivity index (χ4v) is 6.02. The number of halogens is 1. The Morgan fingerprint density at radius 1 is 0.828 bits per heavy atom. The van der Waals surface area contributed by atoms with Gasteiger partial charge in [-0.2, -0.15) is 0 Å². The third-order valence-electron chi connectivity index (χ3n) is 11.3. The minimum absolute atomic E-state index is 0. The summed E-state index contributed by atoms with van der Waals surface area (Å²) in [5.74, 6) is 3.22. The van der Waals surface area contributed by atoms with Crippen molar-refractivity contribution in [1.82, 2.24) is 19.4 Å². The summed E-state index contributed by atoms with van der Waals surface area (Å²) < 4.78 is 27.0. The van der Waals surface area contributed by atoms with Crippen LogP contribution >= 0.6 is 0 Å². The number of nitrogens with zero attached hydrogens (tertiary/aromatic N) is 6. The van der Waals surface area contributed by atoms with Gasteiger partial charge in [0, 0.05) is 49.4 Å². The highest BCUT2D eigenvalue weighted by Gasteiger charge is 2.37. The van der Waals surface area contributed by atoms with Gasteiger partial charge in [0.05, 0.1) is 46.3 Å². The zero-order chi connectivity index (χ0) is 44.9. The topological polar surface area (TPSA) is 86.2 Å². The van der Waals surface area contributed by atoms with Gasteiger partial charge >= 0.3 is 0 Å². The Balaban J connectivity index is -0.000000298. The lowest BCUT2D eigenvalue weighted by Crippen LogP contribution is -3.00. The zero-order valence-corrected chi connectivity index (χ0v) is 43.3. The number of rotatable bonds is 11. The van der Waals surface area contributed by atoms with Gasteiger partial charge in [-0.05, 0) is 92.7 Å². The molecule has 1 amide bonds. The van der Waals surface area contributed by atoms with Crippen molar-refractivity contribution in [2.75, 3.05) is 60.3 Å². The fraction of sp³-hybridized carbons (Fsp3) is 0.848. The summed E-state index contributed by atoms with van der Waals surface area (Å²) in [5.41, 5.74) is 0. The maximum atomic E-state index is 11.1. The Labute approximate surface area is 367 Å². The summed E-state index contributed by atoms with van der Waals surface area (Å²) in [7, 11) is 8.30. The van der Waals surface area contributed by atoms with Crippen LogP contribution in [0.3, 0.4) is 0 Å². The normalized spacial score (nSPS) is 18.7. The van der Waals surface area contributed by atoms with Gasteiger partial charge in [-0.1, -0.05) is 68.7 Å². The third kappa shape index (κ3) is 32.8. The van der Waals surface area contributed by atoms with Gasteiger partial charge in [0.15, 0.2) is 0 Å². The second-order valence-electron chi connectivity index (χ2n) is 17.9. The number of imidazole rings is 2. The minimum Gasteiger partial charge on any atom is -1.00 e. The lowest BCUT2D eigenvalue weighted by Gasteiger charge is -2.23. The summed E-state index contributed by atoms with van der Waals surface area (Å²) >= 11 is 0. The number of carbonyl (C=O) groups excluding carboxylic acids is 1. The van der Waals surface area contributed by atoms with E-state index in [-0.39, 0.29) is 12.4 Å². The average Bonchev–Trinajstić information content (AvgIpc) is 3.99. The van der Waals surface area contributed by atoms with Crippen molar-refractivity contribution in [2.45, 2.75) is 172 Å².